The fourth-order valence-corrected chi connectivity index (χ4v) is 6.90. The van der Waals surface area contributed by atoms with Crippen molar-refractivity contribution in [3.8, 4) is 0 Å². The first-order chi connectivity index (χ1) is 16.8. The van der Waals surface area contributed by atoms with Crippen LogP contribution in [0.4, 0.5) is 15.8 Å². The van der Waals surface area contributed by atoms with Crippen LogP contribution in [0.25, 0.3) is 0 Å². The number of carbonyl (C=O) groups excluding carboxylic acids is 1. The van der Waals surface area contributed by atoms with E-state index in [1.54, 1.807) is 17.5 Å². The Bertz CT molecular complexity index is 1250. The summed E-state index contributed by atoms with van der Waals surface area (Å²) in [6.07, 6.45) is 2.44. The van der Waals surface area contributed by atoms with Gasteiger partial charge in [0.1, 0.15) is 16.6 Å². The van der Waals surface area contributed by atoms with Gasteiger partial charge in [-0.15, -0.1) is 11.3 Å². The largest absolute Gasteiger partial charge is 0.371 e. The number of anilines is 2. The summed E-state index contributed by atoms with van der Waals surface area (Å²) in [5, 5.41) is 4.49. The highest BCUT2D eigenvalue weighted by Gasteiger charge is 2.30. The molecule has 0 spiro atoms. The Hall–Kier alpha value is -2.91. The van der Waals surface area contributed by atoms with Crippen molar-refractivity contribution < 1.29 is 17.6 Å². The predicted molar refractivity (Wildman–Crippen MR) is 139 cm³/mol. The quantitative estimate of drug-likeness (QED) is 0.448. The van der Waals surface area contributed by atoms with Gasteiger partial charge in [-0.3, -0.25) is 9.10 Å². The number of benzene rings is 2. The number of amides is 1. The average molecular weight is 516 g/mol. The van der Waals surface area contributed by atoms with Crippen LogP contribution in [-0.2, 0) is 14.8 Å². The maximum atomic E-state index is 14.6. The molecule has 6 nitrogen and oxygen atoms in total. The van der Waals surface area contributed by atoms with Crippen molar-refractivity contribution in [3.05, 3.63) is 77.4 Å². The first kappa shape index (κ1) is 25.2. The number of hydrogen-bond donors (Lipinski definition) is 1. The third-order valence-corrected chi connectivity index (χ3v) is 9.37. The fraction of sp³-hybridized carbons (Fsp3) is 0.346. The first-order valence-electron chi connectivity index (χ1n) is 11.7. The van der Waals surface area contributed by atoms with E-state index in [2.05, 4.69) is 29.3 Å². The van der Waals surface area contributed by atoms with Crippen LogP contribution in [0.3, 0.4) is 0 Å². The lowest BCUT2D eigenvalue weighted by molar-refractivity contribution is -0.120. The van der Waals surface area contributed by atoms with E-state index < -0.39 is 28.3 Å². The molecular weight excluding hydrogens is 485 g/mol. The zero-order valence-corrected chi connectivity index (χ0v) is 21.5. The number of thiophene rings is 1. The van der Waals surface area contributed by atoms with Gasteiger partial charge in [0.25, 0.3) is 10.0 Å². The number of rotatable bonds is 8. The zero-order chi connectivity index (χ0) is 25.0. The Morgan fingerprint density at radius 3 is 2.57 bits per heavy atom. The van der Waals surface area contributed by atoms with E-state index in [1.807, 2.05) is 19.1 Å². The van der Waals surface area contributed by atoms with Crippen LogP contribution in [0.15, 0.2) is 70.3 Å². The molecule has 1 aliphatic heterocycles. The average Bonchev–Trinajstić information content (AvgIpc) is 3.39. The van der Waals surface area contributed by atoms with E-state index in [1.165, 1.54) is 37.1 Å². The highest BCUT2D eigenvalue weighted by atomic mass is 32.2. The molecule has 4 rings (SSSR count). The van der Waals surface area contributed by atoms with Crippen molar-refractivity contribution in [3.63, 3.8) is 0 Å². The minimum Gasteiger partial charge on any atom is -0.371 e. The number of nitrogens with zero attached hydrogens (tertiary/aromatic N) is 2. The van der Waals surface area contributed by atoms with E-state index >= 15 is 0 Å². The molecule has 1 aromatic heterocycles. The van der Waals surface area contributed by atoms with E-state index in [9.17, 15) is 17.6 Å². The van der Waals surface area contributed by atoms with Gasteiger partial charge in [0.15, 0.2) is 0 Å². The molecule has 9 heteroatoms. The molecule has 2 heterocycles. The van der Waals surface area contributed by atoms with E-state index in [0.29, 0.717) is 5.92 Å². The van der Waals surface area contributed by atoms with Crippen molar-refractivity contribution in [1.82, 2.24) is 5.32 Å². The van der Waals surface area contributed by atoms with Gasteiger partial charge >= 0.3 is 0 Å². The third kappa shape index (κ3) is 5.85. The lowest BCUT2D eigenvalue weighted by Crippen LogP contribution is -2.41. The van der Waals surface area contributed by atoms with Crippen LogP contribution in [0.5, 0.6) is 0 Å². The Labute approximate surface area is 210 Å². The number of nitrogens with one attached hydrogen (secondary N) is 1. The van der Waals surface area contributed by atoms with Gasteiger partial charge in [-0.2, -0.15) is 0 Å². The summed E-state index contributed by atoms with van der Waals surface area (Å²) in [4.78, 5) is 15.3. The molecule has 2 aromatic carbocycles. The summed E-state index contributed by atoms with van der Waals surface area (Å²) in [6, 6.07) is 16.3. The molecule has 0 radical (unpaired) electrons. The number of piperidine rings is 1. The minimum absolute atomic E-state index is 0.0456. The van der Waals surface area contributed by atoms with Crippen LogP contribution in [0.2, 0.25) is 0 Å². The number of carbonyl (C=O) groups is 1. The molecule has 0 saturated carbocycles. The monoisotopic (exact) mass is 515 g/mol. The Kier molecular flexibility index (Phi) is 7.76. The van der Waals surface area contributed by atoms with Crippen molar-refractivity contribution in [2.45, 2.75) is 36.9 Å². The lowest BCUT2D eigenvalue weighted by atomic mass is 9.99. The van der Waals surface area contributed by atoms with E-state index in [4.69, 9.17) is 0 Å². The second-order valence-electron chi connectivity index (χ2n) is 8.97. The molecule has 1 N–H and O–H groups in total. The second-order valence-corrected chi connectivity index (χ2v) is 12.0. The molecule has 1 aliphatic rings. The molecule has 1 saturated heterocycles. The van der Waals surface area contributed by atoms with Crippen molar-refractivity contribution in [2.75, 3.05) is 28.8 Å². The van der Waals surface area contributed by atoms with Crippen molar-refractivity contribution >= 4 is 38.6 Å². The van der Waals surface area contributed by atoms with Gasteiger partial charge < -0.3 is 10.2 Å². The highest BCUT2D eigenvalue weighted by Crippen LogP contribution is 2.29. The smallest absolute Gasteiger partial charge is 0.274 e. The summed E-state index contributed by atoms with van der Waals surface area (Å²) in [5.74, 6) is -0.560. The fourth-order valence-electron chi connectivity index (χ4n) is 4.37. The van der Waals surface area contributed by atoms with Crippen LogP contribution in [0, 0.1) is 11.7 Å². The van der Waals surface area contributed by atoms with Gasteiger partial charge in [0.2, 0.25) is 5.91 Å². The molecule has 0 bridgehead atoms. The molecule has 2 atom stereocenters. The van der Waals surface area contributed by atoms with Crippen molar-refractivity contribution in [2.24, 2.45) is 5.92 Å². The third-order valence-electron chi connectivity index (χ3n) is 6.24. The summed E-state index contributed by atoms with van der Waals surface area (Å²) in [6.45, 7) is 5.66. The van der Waals surface area contributed by atoms with Gasteiger partial charge in [-0.05, 0) is 67.0 Å². The maximum Gasteiger partial charge on any atom is 0.274 e. The topological polar surface area (TPSA) is 69.7 Å². The highest BCUT2D eigenvalue weighted by molar-refractivity contribution is 7.94. The first-order valence-corrected chi connectivity index (χ1v) is 14.0. The predicted octanol–water partition coefficient (Wildman–Crippen LogP) is 5.20. The number of sulfonamides is 1. The molecule has 1 amide bonds. The Morgan fingerprint density at radius 2 is 1.91 bits per heavy atom. The van der Waals surface area contributed by atoms with Gasteiger partial charge in [0, 0.05) is 18.8 Å². The maximum absolute atomic E-state index is 14.6. The molecular formula is C26H30FN3O3S2. The summed E-state index contributed by atoms with van der Waals surface area (Å²) < 4.78 is 41.9. The Balaban J connectivity index is 1.48. The summed E-state index contributed by atoms with van der Waals surface area (Å²) in [5.41, 5.74) is 1.90. The van der Waals surface area contributed by atoms with E-state index in [0.717, 1.165) is 40.0 Å². The second kappa shape index (κ2) is 10.8. The molecule has 3 aromatic rings. The summed E-state index contributed by atoms with van der Waals surface area (Å²) >= 11 is 1.02. The van der Waals surface area contributed by atoms with Crippen LogP contribution in [-0.4, -0.2) is 34.0 Å². The standard InChI is InChI=1S/C26H30FN3O3S2/c1-19-7-5-15-29(17-19)22-13-11-21(12-14-22)20(2)28-25(31)18-30(24-9-4-3-8-23(24)27)35(32,33)26-10-6-16-34-26/h3-4,6,8-14,16,19-20H,5,7,15,17-18H2,1-2H3,(H,28,31). The van der Waals surface area contributed by atoms with Gasteiger partial charge in [-0.25, -0.2) is 12.8 Å². The van der Waals surface area contributed by atoms with Crippen LogP contribution in [0.1, 0.15) is 38.3 Å². The van der Waals surface area contributed by atoms with Crippen LogP contribution >= 0.6 is 11.3 Å². The summed E-state index contributed by atoms with van der Waals surface area (Å²) in [7, 11) is -4.11. The molecule has 35 heavy (non-hydrogen) atoms. The normalized spacial score (nSPS) is 17.1. The Morgan fingerprint density at radius 1 is 1.17 bits per heavy atom. The molecule has 0 aliphatic carbocycles. The number of para-hydroxylation sites is 1. The van der Waals surface area contributed by atoms with Crippen molar-refractivity contribution in [1.29, 1.82) is 0 Å². The zero-order valence-electron chi connectivity index (χ0n) is 19.9. The van der Waals surface area contributed by atoms with E-state index in [-0.39, 0.29) is 15.9 Å². The van der Waals surface area contributed by atoms with Crippen LogP contribution < -0.4 is 14.5 Å². The lowest BCUT2D eigenvalue weighted by Gasteiger charge is -2.33. The van der Waals surface area contributed by atoms with Gasteiger partial charge in [0.05, 0.1) is 11.7 Å². The SMILES string of the molecule is CC1CCCN(c2ccc(C(C)NC(=O)CN(c3ccccc3F)S(=O)(=O)c3cccs3)cc2)C1. The number of halogens is 1. The number of hydrogen-bond acceptors (Lipinski definition) is 5. The molecule has 2 unspecified atom stereocenters. The minimum atomic E-state index is -4.11. The molecule has 1 fully saturated rings. The van der Waals surface area contributed by atoms with Gasteiger partial charge in [-0.1, -0.05) is 37.3 Å². The molecule has 186 valence electrons.